The zero-order valence-electron chi connectivity index (χ0n) is 12.6. The van der Waals surface area contributed by atoms with E-state index in [1.807, 2.05) is 24.3 Å². The van der Waals surface area contributed by atoms with E-state index in [-0.39, 0.29) is 11.9 Å². The van der Waals surface area contributed by atoms with Gasteiger partial charge in [0.2, 0.25) is 0 Å². The third kappa shape index (κ3) is 2.22. The van der Waals surface area contributed by atoms with E-state index < -0.39 is 0 Å². The molecular weight excluding hydrogens is 278 g/mol. The summed E-state index contributed by atoms with van der Waals surface area (Å²) in [7, 11) is 1.64. The van der Waals surface area contributed by atoms with Gasteiger partial charge in [-0.3, -0.25) is 9.78 Å². The highest BCUT2D eigenvalue weighted by atomic mass is 16.5. The number of piperidine rings is 1. The summed E-state index contributed by atoms with van der Waals surface area (Å²) in [6.45, 7) is 3.25. The lowest BCUT2D eigenvalue weighted by molar-refractivity contribution is 0.0919. The van der Waals surface area contributed by atoms with Gasteiger partial charge in [0.15, 0.2) is 0 Å². The SMILES string of the molecule is COc1cccc2cnc(C(=O)NC3CN4CC[C@H]3C4)cc12. The molecule has 1 aromatic carbocycles. The number of carbonyl (C=O) groups is 1. The number of carbonyl (C=O) groups excluding carboxylic acids is 1. The summed E-state index contributed by atoms with van der Waals surface area (Å²) in [4.78, 5) is 19.2. The molecule has 22 heavy (non-hydrogen) atoms. The van der Waals surface area contributed by atoms with Gasteiger partial charge in [0.1, 0.15) is 11.4 Å². The van der Waals surface area contributed by atoms with Crippen LogP contribution in [0.2, 0.25) is 0 Å². The minimum absolute atomic E-state index is 0.0912. The van der Waals surface area contributed by atoms with Crippen LogP contribution in [0.1, 0.15) is 16.9 Å². The van der Waals surface area contributed by atoms with Crippen LogP contribution < -0.4 is 10.1 Å². The molecule has 1 amide bonds. The number of methoxy groups -OCH3 is 1. The van der Waals surface area contributed by atoms with E-state index in [0.29, 0.717) is 11.6 Å². The van der Waals surface area contributed by atoms with E-state index in [4.69, 9.17) is 4.74 Å². The minimum atomic E-state index is -0.0912. The highest BCUT2D eigenvalue weighted by Gasteiger charge is 2.38. The number of nitrogens with one attached hydrogen (secondary N) is 1. The lowest BCUT2D eigenvalue weighted by atomic mass is 10.00. The van der Waals surface area contributed by atoms with Crippen LogP contribution in [-0.4, -0.2) is 48.6 Å². The first kappa shape index (κ1) is 13.5. The van der Waals surface area contributed by atoms with Crippen LogP contribution in [-0.2, 0) is 0 Å². The lowest BCUT2D eigenvalue weighted by Crippen LogP contribution is -2.43. The van der Waals surface area contributed by atoms with Gasteiger partial charge in [-0.2, -0.15) is 0 Å². The fourth-order valence-corrected chi connectivity index (χ4v) is 3.63. The number of ether oxygens (including phenoxy) is 1. The van der Waals surface area contributed by atoms with Crippen LogP contribution in [0.25, 0.3) is 10.8 Å². The van der Waals surface area contributed by atoms with E-state index >= 15 is 0 Å². The maximum Gasteiger partial charge on any atom is 0.270 e. The van der Waals surface area contributed by atoms with Crippen LogP contribution in [0.3, 0.4) is 0 Å². The van der Waals surface area contributed by atoms with Crippen LogP contribution in [0.15, 0.2) is 30.5 Å². The molecule has 2 unspecified atom stereocenters. The lowest BCUT2D eigenvalue weighted by Gasteiger charge is -2.23. The van der Waals surface area contributed by atoms with Crippen molar-refractivity contribution in [3.8, 4) is 5.75 Å². The second-order valence-corrected chi connectivity index (χ2v) is 6.14. The van der Waals surface area contributed by atoms with Gasteiger partial charge in [-0.15, -0.1) is 0 Å². The zero-order valence-corrected chi connectivity index (χ0v) is 12.6. The Kier molecular flexibility index (Phi) is 3.22. The Labute approximate surface area is 129 Å². The smallest absolute Gasteiger partial charge is 0.270 e. The van der Waals surface area contributed by atoms with Crippen molar-refractivity contribution in [2.24, 2.45) is 5.92 Å². The number of nitrogens with zero attached hydrogens (tertiary/aromatic N) is 2. The monoisotopic (exact) mass is 297 g/mol. The second kappa shape index (κ2) is 5.25. The van der Waals surface area contributed by atoms with Gasteiger partial charge < -0.3 is 15.0 Å². The molecule has 2 aromatic rings. The molecule has 0 spiro atoms. The molecule has 2 fully saturated rings. The average molecular weight is 297 g/mol. The molecule has 0 saturated carbocycles. The Hall–Kier alpha value is -2.14. The van der Waals surface area contributed by atoms with Gasteiger partial charge in [-0.25, -0.2) is 0 Å². The third-order valence-corrected chi connectivity index (χ3v) is 4.83. The summed E-state index contributed by atoms with van der Waals surface area (Å²) in [5.41, 5.74) is 0.453. The van der Waals surface area contributed by atoms with E-state index in [2.05, 4.69) is 15.2 Å². The van der Waals surface area contributed by atoms with E-state index in [9.17, 15) is 4.79 Å². The first-order valence-corrected chi connectivity index (χ1v) is 7.70. The van der Waals surface area contributed by atoms with Crippen LogP contribution in [0.4, 0.5) is 0 Å². The zero-order chi connectivity index (χ0) is 15.1. The predicted octanol–water partition coefficient (Wildman–Crippen LogP) is 1.68. The molecule has 5 nitrogen and oxygen atoms in total. The number of rotatable bonds is 3. The highest BCUT2D eigenvalue weighted by molar-refractivity contribution is 5.98. The molecule has 1 aromatic heterocycles. The number of hydrogen-bond acceptors (Lipinski definition) is 4. The quantitative estimate of drug-likeness (QED) is 0.936. The van der Waals surface area contributed by atoms with Crippen molar-refractivity contribution in [3.63, 3.8) is 0 Å². The number of fused-ring (bicyclic) bond motifs is 3. The van der Waals surface area contributed by atoms with Gasteiger partial charge in [-0.05, 0) is 31.0 Å². The van der Waals surface area contributed by atoms with E-state index in [0.717, 1.165) is 29.6 Å². The first-order valence-electron chi connectivity index (χ1n) is 7.70. The topological polar surface area (TPSA) is 54.5 Å². The van der Waals surface area contributed by atoms with E-state index in [1.54, 1.807) is 13.3 Å². The molecule has 3 atom stereocenters. The van der Waals surface area contributed by atoms with Crippen molar-refractivity contribution in [2.75, 3.05) is 26.7 Å². The fourth-order valence-electron chi connectivity index (χ4n) is 3.63. The first-order chi connectivity index (χ1) is 10.7. The standard InChI is InChI=1S/C17H19N3O2/c1-22-16-4-2-3-11-8-18-14(7-13(11)16)17(21)19-15-10-20-6-5-12(15)9-20/h2-4,7-8,12,15H,5-6,9-10H2,1H3,(H,19,21)/t12-,15?/m0/s1. The van der Waals surface area contributed by atoms with Crippen molar-refractivity contribution in [3.05, 3.63) is 36.2 Å². The molecule has 2 bridgehead atoms. The molecule has 1 N–H and O–H groups in total. The Morgan fingerprint density at radius 2 is 2.32 bits per heavy atom. The normalized spacial score (nSPS) is 26.3. The number of amides is 1. The number of aromatic nitrogens is 1. The summed E-state index contributed by atoms with van der Waals surface area (Å²) < 4.78 is 5.37. The predicted molar refractivity (Wildman–Crippen MR) is 84.1 cm³/mol. The second-order valence-electron chi connectivity index (χ2n) is 6.14. The maximum absolute atomic E-state index is 12.5. The van der Waals surface area contributed by atoms with Gasteiger partial charge in [0.25, 0.3) is 5.91 Å². The largest absolute Gasteiger partial charge is 0.496 e. The number of hydrogen-bond donors (Lipinski definition) is 1. The molecule has 2 aliphatic rings. The molecule has 114 valence electrons. The average Bonchev–Trinajstić information content (AvgIpc) is 3.16. The van der Waals surface area contributed by atoms with Crippen molar-refractivity contribution >= 4 is 16.7 Å². The Bertz CT molecular complexity index is 731. The molecule has 4 rings (SSSR count). The molecule has 3 heterocycles. The van der Waals surface area contributed by atoms with Crippen molar-refractivity contribution in [1.82, 2.24) is 15.2 Å². The maximum atomic E-state index is 12.5. The highest BCUT2D eigenvalue weighted by Crippen LogP contribution is 2.28. The summed E-state index contributed by atoms with van der Waals surface area (Å²) in [5, 5.41) is 5.04. The fraction of sp³-hybridized carbons (Fsp3) is 0.412. The molecule has 0 radical (unpaired) electrons. The third-order valence-electron chi connectivity index (χ3n) is 4.83. The summed E-state index contributed by atoms with van der Waals surface area (Å²) in [6.07, 6.45) is 2.92. The molecular formula is C17H19N3O2. The van der Waals surface area contributed by atoms with Crippen LogP contribution in [0, 0.1) is 5.92 Å². The molecule has 5 heteroatoms. The summed E-state index contributed by atoms with van der Waals surface area (Å²) >= 11 is 0. The Morgan fingerprint density at radius 1 is 1.41 bits per heavy atom. The van der Waals surface area contributed by atoms with Crippen molar-refractivity contribution in [1.29, 1.82) is 0 Å². The summed E-state index contributed by atoms with van der Waals surface area (Å²) in [6, 6.07) is 7.86. The van der Waals surface area contributed by atoms with Crippen LogP contribution in [0.5, 0.6) is 5.75 Å². The van der Waals surface area contributed by atoms with Crippen molar-refractivity contribution in [2.45, 2.75) is 12.5 Å². The van der Waals surface area contributed by atoms with Crippen molar-refractivity contribution < 1.29 is 9.53 Å². The Balaban J connectivity index is 1.59. The van der Waals surface area contributed by atoms with Crippen LogP contribution >= 0.6 is 0 Å². The Morgan fingerprint density at radius 3 is 3.05 bits per heavy atom. The molecule has 2 aliphatic heterocycles. The molecule has 2 saturated heterocycles. The van der Waals surface area contributed by atoms with Gasteiger partial charge >= 0.3 is 0 Å². The van der Waals surface area contributed by atoms with Gasteiger partial charge in [0.05, 0.1) is 7.11 Å². The number of benzene rings is 1. The summed E-state index contributed by atoms with van der Waals surface area (Å²) in [5.74, 6) is 1.27. The minimum Gasteiger partial charge on any atom is -0.496 e. The molecule has 0 aliphatic carbocycles. The van der Waals surface area contributed by atoms with Gasteiger partial charge in [0, 0.05) is 36.1 Å². The van der Waals surface area contributed by atoms with E-state index in [1.165, 1.54) is 13.0 Å². The van der Waals surface area contributed by atoms with Gasteiger partial charge in [-0.1, -0.05) is 12.1 Å². The number of pyridine rings is 1.